The fraction of sp³-hybridized carbons (Fsp3) is 0.188. The number of benzene rings is 2. The van der Waals surface area contributed by atoms with E-state index in [2.05, 4.69) is 15.9 Å². The molecule has 21 heavy (non-hydrogen) atoms. The van der Waals surface area contributed by atoms with Gasteiger partial charge in [0, 0.05) is 22.6 Å². The minimum Gasteiger partial charge on any atom is -0.335 e. The molecule has 0 aliphatic heterocycles. The van der Waals surface area contributed by atoms with E-state index in [1.54, 1.807) is 50.4 Å². The molecule has 0 aliphatic carbocycles. The van der Waals surface area contributed by atoms with Gasteiger partial charge in [0.1, 0.15) is 5.82 Å². The molecule has 0 saturated carbocycles. The number of hydrogen-bond acceptors (Lipinski definition) is 1. The molecule has 5 heteroatoms. The summed E-state index contributed by atoms with van der Waals surface area (Å²) in [7, 11) is 1.65. The molecule has 0 radical (unpaired) electrons. The molecule has 2 rings (SSSR count). The van der Waals surface area contributed by atoms with Gasteiger partial charge in [-0.15, -0.1) is 0 Å². The lowest BCUT2D eigenvalue weighted by Crippen LogP contribution is -2.30. The van der Waals surface area contributed by atoms with E-state index in [0.717, 1.165) is 0 Å². The molecule has 0 heterocycles. The van der Waals surface area contributed by atoms with Crippen LogP contribution in [0.1, 0.15) is 28.9 Å². The lowest BCUT2D eigenvalue weighted by Gasteiger charge is -2.26. The van der Waals surface area contributed by atoms with Gasteiger partial charge >= 0.3 is 0 Å². The van der Waals surface area contributed by atoms with E-state index in [-0.39, 0.29) is 17.8 Å². The van der Waals surface area contributed by atoms with Gasteiger partial charge in [-0.05, 0) is 47.1 Å². The van der Waals surface area contributed by atoms with Gasteiger partial charge in [-0.3, -0.25) is 4.79 Å². The Kier molecular flexibility index (Phi) is 5.01. The SMILES string of the molecule is CC(c1ccccc1F)N(C)C(=O)c1ccc(Cl)c(Br)c1. The lowest BCUT2D eigenvalue weighted by atomic mass is 10.1. The van der Waals surface area contributed by atoms with Crippen LogP contribution in [-0.4, -0.2) is 17.9 Å². The predicted molar refractivity (Wildman–Crippen MR) is 86.1 cm³/mol. The first-order valence-corrected chi connectivity index (χ1v) is 7.55. The monoisotopic (exact) mass is 369 g/mol. The fourth-order valence-electron chi connectivity index (χ4n) is 2.03. The van der Waals surface area contributed by atoms with E-state index in [0.29, 0.717) is 20.6 Å². The van der Waals surface area contributed by atoms with Crippen molar-refractivity contribution < 1.29 is 9.18 Å². The summed E-state index contributed by atoms with van der Waals surface area (Å²) < 4.78 is 14.5. The minimum absolute atomic E-state index is 0.192. The van der Waals surface area contributed by atoms with Crippen LogP contribution in [0, 0.1) is 5.82 Å². The maximum Gasteiger partial charge on any atom is 0.254 e. The van der Waals surface area contributed by atoms with Crippen molar-refractivity contribution in [3.8, 4) is 0 Å². The molecule has 0 fully saturated rings. The smallest absolute Gasteiger partial charge is 0.254 e. The molecule has 0 bridgehead atoms. The zero-order valence-electron chi connectivity index (χ0n) is 11.6. The quantitative estimate of drug-likeness (QED) is 0.738. The van der Waals surface area contributed by atoms with Crippen molar-refractivity contribution in [1.82, 2.24) is 4.90 Å². The van der Waals surface area contributed by atoms with Gasteiger partial charge < -0.3 is 4.90 Å². The first-order valence-electron chi connectivity index (χ1n) is 6.38. The highest BCUT2D eigenvalue weighted by molar-refractivity contribution is 9.10. The van der Waals surface area contributed by atoms with E-state index in [9.17, 15) is 9.18 Å². The summed E-state index contributed by atoms with van der Waals surface area (Å²) in [6.07, 6.45) is 0. The molecule has 2 aromatic carbocycles. The molecule has 1 unspecified atom stereocenters. The highest BCUT2D eigenvalue weighted by Crippen LogP contribution is 2.26. The number of rotatable bonds is 3. The normalized spacial score (nSPS) is 12.0. The Morgan fingerprint density at radius 2 is 1.95 bits per heavy atom. The second-order valence-corrected chi connectivity index (χ2v) is 6.00. The summed E-state index contributed by atoms with van der Waals surface area (Å²) in [5, 5.41) is 0.538. The summed E-state index contributed by atoms with van der Waals surface area (Å²) in [6.45, 7) is 1.79. The maximum atomic E-state index is 13.8. The first-order chi connectivity index (χ1) is 9.91. The summed E-state index contributed by atoms with van der Waals surface area (Å²) in [5.41, 5.74) is 0.985. The summed E-state index contributed by atoms with van der Waals surface area (Å²) in [4.78, 5) is 14.0. The zero-order valence-corrected chi connectivity index (χ0v) is 14.0. The Labute approximate surface area is 136 Å². The third-order valence-electron chi connectivity index (χ3n) is 3.42. The maximum absolute atomic E-state index is 13.8. The molecule has 2 nitrogen and oxygen atoms in total. The standard InChI is InChI=1S/C16H14BrClFNO/c1-10(12-5-3-4-6-15(12)19)20(2)16(21)11-7-8-14(18)13(17)9-11/h3-10H,1-2H3. The molecule has 0 aliphatic rings. The van der Waals surface area contributed by atoms with Gasteiger partial charge in [-0.2, -0.15) is 0 Å². The summed E-state index contributed by atoms with van der Waals surface area (Å²) >= 11 is 9.22. The first kappa shape index (κ1) is 16.0. The molecule has 0 spiro atoms. The average molecular weight is 371 g/mol. The van der Waals surface area contributed by atoms with Gasteiger partial charge in [0.2, 0.25) is 0 Å². The second kappa shape index (κ2) is 6.58. The molecule has 2 aromatic rings. The molecule has 0 saturated heterocycles. The van der Waals surface area contributed by atoms with Crippen LogP contribution in [0.15, 0.2) is 46.9 Å². The number of amides is 1. The number of halogens is 3. The van der Waals surface area contributed by atoms with Crippen molar-refractivity contribution in [3.63, 3.8) is 0 Å². The van der Waals surface area contributed by atoms with Crippen LogP contribution in [0.25, 0.3) is 0 Å². The molecular weight excluding hydrogens is 357 g/mol. The largest absolute Gasteiger partial charge is 0.335 e. The van der Waals surface area contributed by atoms with Crippen molar-refractivity contribution in [3.05, 3.63) is 68.9 Å². The minimum atomic E-state index is -0.367. The molecule has 0 N–H and O–H groups in total. The highest BCUT2D eigenvalue weighted by atomic mass is 79.9. The average Bonchev–Trinajstić information content (AvgIpc) is 2.48. The van der Waals surface area contributed by atoms with E-state index in [1.807, 2.05) is 0 Å². The van der Waals surface area contributed by atoms with Crippen LogP contribution >= 0.6 is 27.5 Å². The highest BCUT2D eigenvalue weighted by Gasteiger charge is 2.21. The number of carbonyl (C=O) groups excluding carboxylic acids is 1. The summed E-state index contributed by atoms with van der Waals surface area (Å²) in [5.74, 6) is -0.509. The number of nitrogens with zero attached hydrogens (tertiary/aromatic N) is 1. The Morgan fingerprint density at radius 3 is 2.57 bits per heavy atom. The van der Waals surface area contributed by atoms with Crippen LogP contribution in [0.4, 0.5) is 4.39 Å². The Hall–Kier alpha value is -1.39. The van der Waals surface area contributed by atoms with E-state index in [1.165, 1.54) is 11.0 Å². The Morgan fingerprint density at radius 1 is 1.29 bits per heavy atom. The molecule has 0 aromatic heterocycles. The van der Waals surface area contributed by atoms with Crippen LogP contribution in [-0.2, 0) is 0 Å². The second-order valence-electron chi connectivity index (χ2n) is 4.74. The molecule has 110 valence electrons. The molecule has 1 atom stereocenters. The van der Waals surface area contributed by atoms with Crippen LogP contribution in [0.3, 0.4) is 0 Å². The third-order valence-corrected chi connectivity index (χ3v) is 4.64. The van der Waals surface area contributed by atoms with Crippen molar-refractivity contribution in [2.45, 2.75) is 13.0 Å². The topological polar surface area (TPSA) is 20.3 Å². The summed E-state index contributed by atoms with van der Waals surface area (Å²) in [6, 6.07) is 11.1. The van der Waals surface area contributed by atoms with Crippen LogP contribution < -0.4 is 0 Å². The Bertz CT molecular complexity index is 677. The van der Waals surface area contributed by atoms with E-state index < -0.39 is 0 Å². The van der Waals surface area contributed by atoms with Gasteiger partial charge in [0.25, 0.3) is 5.91 Å². The van der Waals surface area contributed by atoms with Gasteiger partial charge in [-0.25, -0.2) is 4.39 Å². The lowest BCUT2D eigenvalue weighted by molar-refractivity contribution is 0.0740. The number of hydrogen-bond donors (Lipinski definition) is 0. The van der Waals surface area contributed by atoms with Gasteiger partial charge in [-0.1, -0.05) is 29.8 Å². The van der Waals surface area contributed by atoms with Crippen LogP contribution in [0.2, 0.25) is 5.02 Å². The van der Waals surface area contributed by atoms with Crippen molar-refractivity contribution in [2.75, 3.05) is 7.05 Å². The predicted octanol–water partition coefficient (Wildman–Crippen LogP) is 5.07. The third kappa shape index (κ3) is 3.44. The van der Waals surface area contributed by atoms with Crippen LogP contribution in [0.5, 0.6) is 0 Å². The molecular formula is C16H14BrClFNO. The van der Waals surface area contributed by atoms with Gasteiger partial charge in [0.15, 0.2) is 0 Å². The molecule has 1 amide bonds. The van der Waals surface area contributed by atoms with Crippen molar-refractivity contribution >= 4 is 33.4 Å². The Balaban J connectivity index is 2.26. The number of carbonyl (C=O) groups is 1. The van der Waals surface area contributed by atoms with Crippen molar-refractivity contribution in [2.24, 2.45) is 0 Å². The van der Waals surface area contributed by atoms with Gasteiger partial charge in [0.05, 0.1) is 11.1 Å². The zero-order chi connectivity index (χ0) is 15.6. The van der Waals surface area contributed by atoms with Crippen molar-refractivity contribution in [1.29, 1.82) is 0 Å². The van der Waals surface area contributed by atoms with E-state index in [4.69, 9.17) is 11.6 Å². The fourth-order valence-corrected chi connectivity index (χ4v) is 2.53. The van der Waals surface area contributed by atoms with E-state index >= 15 is 0 Å².